The number of nitrogens with zero attached hydrogens (tertiary/aromatic N) is 1. The van der Waals surface area contributed by atoms with Gasteiger partial charge in [-0.05, 0) is 50.4 Å². The van der Waals surface area contributed by atoms with E-state index >= 15 is 0 Å². The Morgan fingerprint density at radius 2 is 2.14 bits per heavy atom. The molecule has 1 aliphatic rings. The zero-order valence-corrected chi connectivity index (χ0v) is 14.1. The van der Waals surface area contributed by atoms with Gasteiger partial charge in [0.15, 0.2) is 0 Å². The van der Waals surface area contributed by atoms with Gasteiger partial charge in [-0.15, -0.1) is 12.4 Å². The van der Waals surface area contributed by atoms with Gasteiger partial charge in [0, 0.05) is 20.0 Å². The molecule has 124 valence electrons. The second-order valence-electron chi connectivity index (χ2n) is 5.73. The van der Waals surface area contributed by atoms with Crippen molar-refractivity contribution in [2.24, 2.45) is 5.92 Å². The first-order valence-corrected chi connectivity index (χ1v) is 7.88. The third-order valence-corrected chi connectivity index (χ3v) is 4.00. The molecule has 1 aromatic carbocycles. The highest BCUT2D eigenvalue weighted by Gasteiger charge is 2.17. The summed E-state index contributed by atoms with van der Waals surface area (Å²) >= 11 is 0. The molecule has 0 aliphatic carbocycles. The fourth-order valence-electron chi connectivity index (χ4n) is 2.61. The largest absolute Gasteiger partial charge is 0.494 e. The van der Waals surface area contributed by atoms with Crippen LogP contribution in [0.5, 0.6) is 5.75 Å². The molecule has 1 fully saturated rings. The van der Waals surface area contributed by atoms with E-state index in [0.717, 1.165) is 38.2 Å². The van der Waals surface area contributed by atoms with Gasteiger partial charge in [0.2, 0.25) is 5.91 Å². The molecule has 4 nitrogen and oxygen atoms in total. The third kappa shape index (κ3) is 6.67. The van der Waals surface area contributed by atoms with Crippen molar-refractivity contribution in [2.45, 2.75) is 25.7 Å². The molecule has 1 N–H and O–H groups in total. The lowest BCUT2D eigenvalue weighted by molar-refractivity contribution is -0.130. The van der Waals surface area contributed by atoms with E-state index in [1.165, 1.54) is 6.42 Å². The SMILES string of the molecule is CN(CCCOc1ccccc1)C(=O)CCC1CCNC1.Cl. The van der Waals surface area contributed by atoms with Crippen molar-refractivity contribution in [2.75, 3.05) is 33.3 Å². The molecule has 0 aromatic heterocycles. The number of hydrogen-bond acceptors (Lipinski definition) is 3. The normalized spacial score (nSPS) is 16.9. The van der Waals surface area contributed by atoms with Gasteiger partial charge in [-0.3, -0.25) is 4.79 Å². The molecular formula is C17H27ClN2O2. The summed E-state index contributed by atoms with van der Waals surface area (Å²) in [5.41, 5.74) is 0. The van der Waals surface area contributed by atoms with Crippen LogP contribution in [-0.2, 0) is 4.79 Å². The van der Waals surface area contributed by atoms with E-state index in [-0.39, 0.29) is 18.3 Å². The Morgan fingerprint density at radius 3 is 2.82 bits per heavy atom. The molecule has 1 amide bonds. The first-order chi connectivity index (χ1) is 10.3. The van der Waals surface area contributed by atoms with E-state index in [1.807, 2.05) is 42.3 Å². The number of halogens is 1. The quantitative estimate of drug-likeness (QED) is 0.747. The molecule has 0 radical (unpaired) electrons. The Kier molecular flexibility index (Phi) is 8.94. The molecule has 1 unspecified atom stereocenters. The lowest BCUT2D eigenvalue weighted by atomic mass is 10.0. The van der Waals surface area contributed by atoms with Gasteiger partial charge < -0.3 is 15.0 Å². The summed E-state index contributed by atoms with van der Waals surface area (Å²) in [6.07, 6.45) is 3.75. The summed E-state index contributed by atoms with van der Waals surface area (Å²) in [7, 11) is 1.89. The van der Waals surface area contributed by atoms with Crippen LogP contribution < -0.4 is 10.1 Å². The Balaban J connectivity index is 0.00000242. The summed E-state index contributed by atoms with van der Waals surface area (Å²) in [4.78, 5) is 13.9. The lowest BCUT2D eigenvalue weighted by Crippen LogP contribution is -2.29. The number of nitrogens with one attached hydrogen (secondary N) is 1. The maximum atomic E-state index is 12.0. The molecule has 1 aromatic rings. The van der Waals surface area contributed by atoms with Crippen molar-refractivity contribution in [3.05, 3.63) is 30.3 Å². The monoisotopic (exact) mass is 326 g/mol. The highest BCUT2D eigenvalue weighted by Crippen LogP contribution is 2.15. The average molecular weight is 327 g/mol. The van der Waals surface area contributed by atoms with Crippen molar-refractivity contribution in [1.82, 2.24) is 10.2 Å². The third-order valence-electron chi connectivity index (χ3n) is 4.00. The maximum Gasteiger partial charge on any atom is 0.222 e. The first-order valence-electron chi connectivity index (χ1n) is 7.88. The van der Waals surface area contributed by atoms with Gasteiger partial charge in [-0.2, -0.15) is 0 Å². The molecule has 0 bridgehead atoms. The second kappa shape index (κ2) is 10.5. The minimum Gasteiger partial charge on any atom is -0.494 e. The van der Waals surface area contributed by atoms with Gasteiger partial charge in [0.1, 0.15) is 5.75 Å². The van der Waals surface area contributed by atoms with Crippen molar-refractivity contribution in [1.29, 1.82) is 0 Å². The summed E-state index contributed by atoms with van der Waals surface area (Å²) < 4.78 is 5.63. The van der Waals surface area contributed by atoms with Crippen LogP contribution in [0.3, 0.4) is 0 Å². The van der Waals surface area contributed by atoms with Gasteiger partial charge >= 0.3 is 0 Å². The van der Waals surface area contributed by atoms with Crippen LogP contribution in [0.15, 0.2) is 30.3 Å². The smallest absolute Gasteiger partial charge is 0.222 e. The number of carbonyl (C=O) groups excluding carboxylic acids is 1. The number of para-hydroxylation sites is 1. The molecular weight excluding hydrogens is 300 g/mol. The highest BCUT2D eigenvalue weighted by atomic mass is 35.5. The lowest BCUT2D eigenvalue weighted by Gasteiger charge is -2.18. The van der Waals surface area contributed by atoms with Crippen LogP contribution in [0.4, 0.5) is 0 Å². The van der Waals surface area contributed by atoms with Crippen LogP contribution in [0.1, 0.15) is 25.7 Å². The molecule has 2 rings (SSSR count). The van der Waals surface area contributed by atoms with Gasteiger partial charge in [-0.25, -0.2) is 0 Å². The van der Waals surface area contributed by atoms with E-state index in [0.29, 0.717) is 18.9 Å². The van der Waals surface area contributed by atoms with Crippen LogP contribution in [0, 0.1) is 5.92 Å². The molecule has 1 heterocycles. The van der Waals surface area contributed by atoms with Gasteiger partial charge in [-0.1, -0.05) is 18.2 Å². The second-order valence-corrected chi connectivity index (χ2v) is 5.73. The van der Waals surface area contributed by atoms with Gasteiger partial charge in [0.25, 0.3) is 0 Å². The summed E-state index contributed by atoms with van der Waals surface area (Å²) in [6.45, 7) is 3.58. The van der Waals surface area contributed by atoms with E-state index < -0.39 is 0 Å². The van der Waals surface area contributed by atoms with E-state index in [1.54, 1.807) is 0 Å². The van der Waals surface area contributed by atoms with E-state index in [4.69, 9.17) is 4.74 Å². The average Bonchev–Trinajstić information content (AvgIpc) is 3.03. The molecule has 1 aliphatic heterocycles. The fourth-order valence-corrected chi connectivity index (χ4v) is 2.61. The first kappa shape index (κ1) is 18.8. The summed E-state index contributed by atoms with van der Waals surface area (Å²) in [5, 5.41) is 3.34. The number of amides is 1. The molecule has 0 saturated carbocycles. The predicted molar refractivity (Wildman–Crippen MR) is 91.6 cm³/mol. The molecule has 22 heavy (non-hydrogen) atoms. The van der Waals surface area contributed by atoms with E-state index in [2.05, 4.69) is 5.32 Å². The van der Waals surface area contributed by atoms with E-state index in [9.17, 15) is 4.79 Å². The van der Waals surface area contributed by atoms with Crippen molar-refractivity contribution in [3.8, 4) is 5.75 Å². The summed E-state index contributed by atoms with van der Waals surface area (Å²) in [5.74, 6) is 1.82. The summed E-state index contributed by atoms with van der Waals surface area (Å²) in [6, 6.07) is 9.79. The highest BCUT2D eigenvalue weighted by molar-refractivity contribution is 5.85. The van der Waals surface area contributed by atoms with Gasteiger partial charge in [0.05, 0.1) is 6.61 Å². The topological polar surface area (TPSA) is 41.6 Å². The maximum absolute atomic E-state index is 12.0. The molecule has 1 atom stereocenters. The Hall–Kier alpha value is -1.26. The fraction of sp³-hybridized carbons (Fsp3) is 0.588. The number of benzene rings is 1. The standard InChI is InChI=1S/C17H26N2O2.ClH/c1-19(17(20)9-8-15-10-11-18-14-15)12-5-13-21-16-6-3-2-4-7-16;/h2-4,6-7,15,18H,5,8-14H2,1H3;1H. The van der Waals surface area contributed by atoms with Crippen LogP contribution in [-0.4, -0.2) is 44.1 Å². The number of ether oxygens (including phenoxy) is 1. The predicted octanol–water partition coefficient (Wildman–Crippen LogP) is 2.73. The molecule has 0 spiro atoms. The zero-order chi connectivity index (χ0) is 14.9. The number of rotatable bonds is 8. The Morgan fingerprint density at radius 1 is 1.36 bits per heavy atom. The molecule has 5 heteroatoms. The Bertz CT molecular complexity index is 422. The number of carbonyl (C=O) groups is 1. The van der Waals surface area contributed by atoms with Crippen LogP contribution in [0.25, 0.3) is 0 Å². The van der Waals surface area contributed by atoms with Crippen molar-refractivity contribution >= 4 is 18.3 Å². The van der Waals surface area contributed by atoms with Crippen molar-refractivity contribution in [3.63, 3.8) is 0 Å². The minimum atomic E-state index is 0. The number of hydrogen-bond donors (Lipinski definition) is 1. The van der Waals surface area contributed by atoms with Crippen molar-refractivity contribution < 1.29 is 9.53 Å². The van der Waals surface area contributed by atoms with Crippen LogP contribution >= 0.6 is 12.4 Å². The minimum absolute atomic E-state index is 0. The molecule has 1 saturated heterocycles. The Labute approximate surface area is 139 Å². The van der Waals surface area contributed by atoms with Crippen LogP contribution in [0.2, 0.25) is 0 Å². The zero-order valence-electron chi connectivity index (χ0n) is 13.3.